The Bertz CT molecular complexity index is 680. The number of aromatic nitrogens is 1. The van der Waals surface area contributed by atoms with E-state index in [4.69, 9.17) is 4.74 Å². The molecule has 0 aliphatic rings. The molecular weight excluding hydrogens is 276 g/mol. The molecule has 1 atom stereocenters. The van der Waals surface area contributed by atoms with Gasteiger partial charge in [-0.1, -0.05) is 18.2 Å². The molecule has 0 saturated heterocycles. The third-order valence-corrected chi connectivity index (χ3v) is 3.82. The predicted molar refractivity (Wildman–Crippen MR) is 90.5 cm³/mol. The minimum atomic E-state index is -0.507. The van der Waals surface area contributed by atoms with E-state index in [1.54, 1.807) is 4.57 Å². The van der Waals surface area contributed by atoms with Crippen LogP contribution in [0.3, 0.4) is 0 Å². The van der Waals surface area contributed by atoms with Gasteiger partial charge in [-0.15, -0.1) is 0 Å². The lowest BCUT2D eigenvalue weighted by Crippen LogP contribution is -2.28. The monoisotopic (exact) mass is 302 g/mol. The maximum atomic E-state index is 12.6. The van der Waals surface area contributed by atoms with Crippen molar-refractivity contribution in [1.29, 1.82) is 0 Å². The first kappa shape index (κ1) is 16.6. The highest BCUT2D eigenvalue weighted by atomic mass is 16.6. The van der Waals surface area contributed by atoms with Crippen LogP contribution in [0.15, 0.2) is 24.3 Å². The average molecular weight is 302 g/mol. The molecule has 2 aromatic rings. The van der Waals surface area contributed by atoms with Crippen LogP contribution >= 0.6 is 0 Å². The zero-order chi connectivity index (χ0) is 16.5. The molecule has 4 heteroatoms. The van der Waals surface area contributed by atoms with E-state index in [9.17, 15) is 4.79 Å². The third-order valence-electron chi connectivity index (χ3n) is 3.82. The second-order valence-corrected chi connectivity index (χ2v) is 6.79. The molecule has 1 heterocycles. The third kappa shape index (κ3) is 3.33. The minimum absolute atomic E-state index is 0.315. The fourth-order valence-electron chi connectivity index (χ4n) is 2.64. The highest BCUT2D eigenvalue weighted by Crippen LogP contribution is 2.28. The second-order valence-electron chi connectivity index (χ2n) is 6.79. The van der Waals surface area contributed by atoms with E-state index in [0.717, 1.165) is 23.0 Å². The first-order chi connectivity index (χ1) is 10.2. The summed E-state index contributed by atoms with van der Waals surface area (Å²) in [6.45, 7) is 9.78. The summed E-state index contributed by atoms with van der Waals surface area (Å²) in [5, 5.41) is 4.38. The number of carbonyl (C=O) groups excluding carboxylic acids is 1. The summed E-state index contributed by atoms with van der Waals surface area (Å²) in [4.78, 5) is 12.6. The molecule has 0 spiro atoms. The number of hydrogen-bond donors (Lipinski definition) is 1. The van der Waals surface area contributed by atoms with Gasteiger partial charge in [0.05, 0.1) is 5.52 Å². The largest absolute Gasteiger partial charge is 0.443 e. The van der Waals surface area contributed by atoms with E-state index in [1.807, 2.05) is 52.9 Å². The highest BCUT2D eigenvalue weighted by Gasteiger charge is 2.23. The Kier molecular flexibility index (Phi) is 4.61. The lowest BCUT2D eigenvalue weighted by molar-refractivity contribution is 0.0541. The van der Waals surface area contributed by atoms with Crippen LogP contribution < -0.4 is 5.32 Å². The second kappa shape index (κ2) is 6.13. The summed E-state index contributed by atoms with van der Waals surface area (Å²) in [5.74, 6) is 0. The first-order valence-corrected chi connectivity index (χ1v) is 7.74. The average Bonchev–Trinajstić information content (AvgIpc) is 2.70. The standard InChI is InChI=1S/C18H26N2O2/c1-12(19-6)11-15-13(2)20(17(21)22-18(3,4)5)16-10-8-7-9-14(15)16/h7-10,12,19H,11H2,1-6H3. The van der Waals surface area contributed by atoms with Crippen molar-refractivity contribution in [3.63, 3.8) is 0 Å². The number of hydrogen-bond acceptors (Lipinski definition) is 3. The smallest absolute Gasteiger partial charge is 0.419 e. The molecule has 0 saturated carbocycles. The summed E-state index contributed by atoms with van der Waals surface area (Å²) in [5.41, 5.74) is 2.56. The van der Waals surface area contributed by atoms with Crippen molar-refractivity contribution >= 4 is 17.0 Å². The molecule has 0 amide bonds. The summed E-state index contributed by atoms with van der Waals surface area (Å²) in [7, 11) is 1.95. The fourth-order valence-corrected chi connectivity index (χ4v) is 2.64. The number of nitrogens with one attached hydrogen (secondary N) is 1. The molecule has 1 aromatic heterocycles. The highest BCUT2D eigenvalue weighted by molar-refractivity contribution is 5.93. The van der Waals surface area contributed by atoms with Crippen molar-refractivity contribution in [2.24, 2.45) is 0 Å². The van der Waals surface area contributed by atoms with Crippen LogP contribution in [-0.2, 0) is 11.2 Å². The van der Waals surface area contributed by atoms with Crippen LogP contribution in [0.5, 0.6) is 0 Å². The van der Waals surface area contributed by atoms with Crippen LogP contribution in [0, 0.1) is 6.92 Å². The Labute approximate surface area is 132 Å². The van der Waals surface area contributed by atoms with Gasteiger partial charge in [-0.05, 0) is 59.7 Å². The van der Waals surface area contributed by atoms with E-state index < -0.39 is 5.60 Å². The van der Waals surface area contributed by atoms with Gasteiger partial charge in [-0.2, -0.15) is 0 Å². The Morgan fingerprint density at radius 3 is 2.55 bits per heavy atom. The van der Waals surface area contributed by atoms with Crippen LogP contribution in [0.2, 0.25) is 0 Å². The number of nitrogens with zero attached hydrogens (tertiary/aromatic N) is 1. The van der Waals surface area contributed by atoms with E-state index >= 15 is 0 Å². The van der Waals surface area contributed by atoms with Gasteiger partial charge >= 0.3 is 6.09 Å². The van der Waals surface area contributed by atoms with Crippen LogP contribution in [0.4, 0.5) is 4.79 Å². The topological polar surface area (TPSA) is 43.3 Å². The summed E-state index contributed by atoms with van der Waals surface area (Å²) < 4.78 is 7.26. The quantitative estimate of drug-likeness (QED) is 0.935. The lowest BCUT2D eigenvalue weighted by atomic mass is 10.0. The molecule has 1 N–H and O–H groups in total. The van der Waals surface area contributed by atoms with Crippen molar-refractivity contribution < 1.29 is 9.53 Å². The minimum Gasteiger partial charge on any atom is -0.443 e. The number of para-hydroxylation sites is 1. The normalized spacial score (nSPS) is 13.4. The SMILES string of the molecule is CNC(C)Cc1c(C)n(C(=O)OC(C)(C)C)c2ccccc12. The van der Waals surface area contributed by atoms with E-state index in [1.165, 1.54) is 5.56 Å². The van der Waals surface area contributed by atoms with Gasteiger partial charge in [0.2, 0.25) is 0 Å². The van der Waals surface area contributed by atoms with Gasteiger partial charge in [0.1, 0.15) is 5.60 Å². The van der Waals surface area contributed by atoms with E-state index in [2.05, 4.69) is 18.3 Å². The number of ether oxygens (including phenoxy) is 1. The maximum absolute atomic E-state index is 12.6. The van der Waals surface area contributed by atoms with Crippen molar-refractivity contribution in [2.45, 2.75) is 52.7 Å². The Morgan fingerprint density at radius 2 is 1.95 bits per heavy atom. The van der Waals surface area contributed by atoms with Crippen molar-refractivity contribution in [2.75, 3.05) is 7.05 Å². The maximum Gasteiger partial charge on any atom is 0.419 e. The van der Waals surface area contributed by atoms with Gasteiger partial charge in [0.15, 0.2) is 0 Å². The molecule has 2 rings (SSSR count). The number of benzene rings is 1. The van der Waals surface area contributed by atoms with E-state index in [0.29, 0.717) is 6.04 Å². The Balaban J connectivity index is 2.55. The molecule has 0 radical (unpaired) electrons. The molecule has 22 heavy (non-hydrogen) atoms. The molecule has 1 aromatic carbocycles. The number of rotatable bonds is 3. The van der Waals surface area contributed by atoms with Crippen LogP contribution in [0.1, 0.15) is 39.0 Å². The molecular formula is C18H26N2O2. The Morgan fingerprint density at radius 1 is 1.32 bits per heavy atom. The molecule has 0 aliphatic carbocycles. The molecule has 0 aliphatic heterocycles. The summed E-state index contributed by atoms with van der Waals surface area (Å²) in [6, 6.07) is 8.35. The summed E-state index contributed by atoms with van der Waals surface area (Å²) >= 11 is 0. The number of fused-ring (bicyclic) bond motifs is 1. The van der Waals surface area contributed by atoms with Crippen LogP contribution in [0.25, 0.3) is 10.9 Å². The first-order valence-electron chi connectivity index (χ1n) is 7.74. The van der Waals surface area contributed by atoms with Gasteiger partial charge in [0.25, 0.3) is 0 Å². The lowest BCUT2D eigenvalue weighted by Gasteiger charge is -2.20. The number of carbonyl (C=O) groups is 1. The molecule has 0 bridgehead atoms. The van der Waals surface area contributed by atoms with Gasteiger partial charge in [-0.3, -0.25) is 0 Å². The molecule has 4 nitrogen and oxygen atoms in total. The Hall–Kier alpha value is -1.81. The zero-order valence-electron chi connectivity index (χ0n) is 14.4. The van der Waals surface area contributed by atoms with E-state index in [-0.39, 0.29) is 6.09 Å². The van der Waals surface area contributed by atoms with Crippen molar-refractivity contribution in [1.82, 2.24) is 9.88 Å². The van der Waals surface area contributed by atoms with Crippen LogP contribution in [-0.4, -0.2) is 29.4 Å². The number of likely N-dealkylation sites (N-methyl/N-ethyl adjacent to an activating group) is 1. The van der Waals surface area contributed by atoms with Crippen molar-refractivity contribution in [3.8, 4) is 0 Å². The van der Waals surface area contributed by atoms with Crippen molar-refractivity contribution in [3.05, 3.63) is 35.5 Å². The predicted octanol–water partition coefficient (Wildman–Crippen LogP) is 3.88. The molecule has 0 fully saturated rings. The fraction of sp³-hybridized carbons (Fsp3) is 0.500. The zero-order valence-corrected chi connectivity index (χ0v) is 14.4. The van der Waals surface area contributed by atoms with Gasteiger partial charge < -0.3 is 10.1 Å². The van der Waals surface area contributed by atoms with Gasteiger partial charge in [0, 0.05) is 17.1 Å². The molecule has 1 unspecified atom stereocenters. The van der Waals surface area contributed by atoms with Gasteiger partial charge in [-0.25, -0.2) is 9.36 Å². The summed E-state index contributed by atoms with van der Waals surface area (Å²) in [6.07, 6.45) is 0.558. The molecule has 120 valence electrons.